The van der Waals surface area contributed by atoms with E-state index in [0.717, 1.165) is 6.08 Å². The van der Waals surface area contributed by atoms with E-state index in [1.807, 2.05) is 0 Å². The van der Waals surface area contributed by atoms with Gasteiger partial charge >= 0.3 is 4.83 Å². The van der Waals surface area contributed by atoms with Crippen molar-refractivity contribution in [2.75, 3.05) is 0 Å². The van der Waals surface area contributed by atoms with Crippen LogP contribution in [0.15, 0.2) is 11.1 Å². The van der Waals surface area contributed by atoms with Gasteiger partial charge < -0.3 is 0 Å². The zero-order valence-electron chi connectivity index (χ0n) is 4.09. The molecule has 0 bridgehead atoms. The fraction of sp³-hybridized carbons (Fsp3) is 0.500. The lowest BCUT2D eigenvalue weighted by molar-refractivity contribution is 0.166. The van der Waals surface area contributed by atoms with E-state index >= 15 is 0 Å². The molecule has 0 saturated heterocycles. The molecule has 0 amide bonds. The fourth-order valence-corrected chi connectivity index (χ4v) is 0.393. The van der Waals surface area contributed by atoms with E-state index in [1.165, 1.54) is 6.92 Å². The van der Waals surface area contributed by atoms with Crippen molar-refractivity contribution < 1.29 is 8.78 Å². The van der Waals surface area contributed by atoms with Crippen LogP contribution >= 0.6 is 27.5 Å². The highest BCUT2D eigenvalue weighted by molar-refractivity contribution is 9.10. The van der Waals surface area contributed by atoms with Crippen molar-refractivity contribution in [2.24, 2.45) is 0 Å². The molecule has 0 heterocycles. The van der Waals surface area contributed by atoms with Crippen molar-refractivity contribution >= 4 is 27.5 Å². The third-order valence-corrected chi connectivity index (χ3v) is 1.64. The number of hydrogen-bond acceptors (Lipinski definition) is 0. The fourth-order valence-electron chi connectivity index (χ4n) is 0.164. The van der Waals surface area contributed by atoms with Crippen LogP contribution < -0.4 is 0 Å². The predicted octanol–water partition coefficient (Wildman–Crippen LogP) is 3.12. The number of allylic oxidation sites excluding steroid dienone is 2. The molecule has 0 saturated carbocycles. The summed E-state index contributed by atoms with van der Waals surface area (Å²) in [6.07, 6.45) is 1.14. The minimum absolute atomic E-state index is 0.488. The Balaban J connectivity index is 4.03. The predicted molar refractivity (Wildman–Crippen MR) is 33.5 cm³/mol. The van der Waals surface area contributed by atoms with Gasteiger partial charge in [0.1, 0.15) is 0 Å². The Morgan fingerprint density at radius 1 is 1.75 bits per heavy atom. The molecule has 0 spiro atoms. The van der Waals surface area contributed by atoms with Crippen LogP contribution in [0.5, 0.6) is 0 Å². The van der Waals surface area contributed by atoms with Gasteiger partial charge in [0.2, 0.25) is 0 Å². The zero-order chi connectivity index (χ0) is 6.78. The van der Waals surface area contributed by atoms with Crippen LogP contribution in [0.2, 0.25) is 0 Å². The Morgan fingerprint density at radius 3 is 2.12 bits per heavy atom. The molecule has 0 aliphatic carbocycles. The van der Waals surface area contributed by atoms with Crippen LogP contribution in [0.3, 0.4) is 0 Å². The van der Waals surface area contributed by atoms with E-state index in [9.17, 15) is 8.78 Å². The van der Waals surface area contributed by atoms with Gasteiger partial charge in [0.05, 0.1) is 5.03 Å². The molecule has 0 radical (unpaired) electrons. The van der Waals surface area contributed by atoms with Crippen LogP contribution in [0.25, 0.3) is 0 Å². The van der Waals surface area contributed by atoms with Crippen molar-refractivity contribution in [1.29, 1.82) is 0 Å². The molecule has 0 rings (SSSR count). The van der Waals surface area contributed by atoms with E-state index in [2.05, 4.69) is 15.9 Å². The summed E-state index contributed by atoms with van der Waals surface area (Å²) < 4.78 is 23.7. The molecule has 0 atom stereocenters. The van der Waals surface area contributed by atoms with Crippen molar-refractivity contribution in [3.8, 4) is 0 Å². The van der Waals surface area contributed by atoms with Crippen molar-refractivity contribution in [1.82, 2.24) is 0 Å². The first-order valence-electron chi connectivity index (χ1n) is 1.87. The maximum atomic E-state index is 11.8. The van der Waals surface area contributed by atoms with Gasteiger partial charge in [-0.2, -0.15) is 8.78 Å². The van der Waals surface area contributed by atoms with Crippen LogP contribution in [0.1, 0.15) is 6.92 Å². The molecular weight excluding hydrogens is 201 g/mol. The first-order chi connectivity index (χ1) is 3.48. The summed E-state index contributed by atoms with van der Waals surface area (Å²) >= 11 is 7.08. The molecule has 48 valence electrons. The summed E-state index contributed by atoms with van der Waals surface area (Å²) in [5, 5.41) is -0.488. The van der Waals surface area contributed by atoms with Gasteiger partial charge in [-0.1, -0.05) is 17.7 Å². The lowest BCUT2D eigenvalue weighted by atomic mass is 10.5. The van der Waals surface area contributed by atoms with E-state index in [1.54, 1.807) is 0 Å². The third kappa shape index (κ3) is 2.62. The standard InChI is InChI=1S/C4H4BrClF2/c1-2-3(6)4(5,7)8/h2H,1H3. The molecule has 0 aromatic rings. The van der Waals surface area contributed by atoms with Gasteiger partial charge in [-0.15, -0.1) is 0 Å². The van der Waals surface area contributed by atoms with Gasteiger partial charge in [-0.25, -0.2) is 0 Å². The third-order valence-electron chi connectivity index (χ3n) is 0.524. The first kappa shape index (κ1) is 8.37. The molecule has 0 aliphatic rings. The Kier molecular flexibility index (Phi) is 2.91. The van der Waals surface area contributed by atoms with Gasteiger partial charge in [-0.3, -0.25) is 0 Å². The average molecular weight is 205 g/mol. The largest absolute Gasteiger partial charge is 0.336 e. The van der Waals surface area contributed by atoms with Crippen LogP contribution in [0.4, 0.5) is 8.78 Å². The molecule has 0 fully saturated rings. The normalized spacial score (nSPS) is 14.4. The van der Waals surface area contributed by atoms with Crippen molar-refractivity contribution in [3.63, 3.8) is 0 Å². The lowest BCUT2D eigenvalue weighted by Gasteiger charge is -2.03. The quantitative estimate of drug-likeness (QED) is 0.577. The summed E-state index contributed by atoms with van der Waals surface area (Å²) in [7, 11) is 0. The average Bonchev–Trinajstić information content (AvgIpc) is 1.62. The molecule has 0 nitrogen and oxygen atoms in total. The van der Waals surface area contributed by atoms with E-state index in [-0.39, 0.29) is 0 Å². The lowest BCUT2D eigenvalue weighted by Crippen LogP contribution is -2.03. The number of alkyl halides is 3. The van der Waals surface area contributed by atoms with Gasteiger partial charge in [0, 0.05) is 0 Å². The SMILES string of the molecule is CC=C(Cl)C(F)(F)Br. The highest BCUT2D eigenvalue weighted by Gasteiger charge is 2.27. The Bertz CT molecular complexity index is 105. The van der Waals surface area contributed by atoms with Crippen LogP contribution in [-0.4, -0.2) is 4.83 Å². The summed E-state index contributed by atoms with van der Waals surface area (Å²) in [6, 6.07) is 0. The summed E-state index contributed by atoms with van der Waals surface area (Å²) in [4.78, 5) is -3.05. The number of rotatable bonds is 1. The Morgan fingerprint density at radius 2 is 2.12 bits per heavy atom. The highest BCUT2D eigenvalue weighted by Crippen LogP contribution is 2.32. The summed E-state index contributed by atoms with van der Waals surface area (Å²) in [5.41, 5.74) is 0. The number of hydrogen-bond donors (Lipinski definition) is 0. The Hall–Kier alpha value is 0.370. The van der Waals surface area contributed by atoms with Gasteiger partial charge in [0.25, 0.3) is 0 Å². The van der Waals surface area contributed by atoms with Gasteiger partial charge in [0.15, 0.2) is 0 Å². The van der Waals surface area contributed by atoms with Crippen LogP contribution in [0, 0.1) is 0 Å². The molecule has 8 heavy (non-hydrogen) atoms. The summed E-state index contributed by atoms with van der Waals surface area (Å²) in [6.45, 7) is 1.44. The number of halogens is 4. The second-order valence-electron chi connectivity index (χ2n) is 1.13. The molecule has 4 heteroatoms. The van der Waals surface area contributed by atoms with Gasteiger partial charge in [-0.05, 0) is 22.9 Å². The maximum absolute atomic E-state index is 11.8. The molecular formula is C4H4BrClF2. The molecule has 0 unspecified atom stereocenters. The van der Waals surface area contributed by atoms with Crippen LogP contribution in [-0.2, 0) is 0 Å². The minimum Gasteiger partial charge on any atom is -0.187 e. The van der Waals surface area contributed by atoms with E-state index in [0.29, 0.717) is 0 Å². The second kappa shape index (κ2) is 2.78. The molecule has 0 N–H and O–H groups in total. The molecule has 0 aromatic carbocycles. The zero-order valence-corrected chi connectivity index (χ0v) is 6.43. The van der Waals surface area contributed by atoms with Crippen molar-refractivity contribution in [2.45, 2.75) is 11.8 Å². The molecule has 0 aromatic heterocycles. The smallest absolute Gasteiger partial charge is 0.187 e. The maximum Gasteiger partial charge on any atom is 0.336 e. The van der Waals surface area contributed by atoms with E-state index < -0.39 is 9.86 Å². The molecule has 0 aliphatic heterocycles. The first-order valence-corrected chi connectivity index (χ1v) is 3.04. The topological polar surface area (TPSA) is 0 Å². The van der Waals surface area contributed by atoms with Crippen molar-refractivity contribution in [3.05, 3.63) is 11.1 Å². The highest BCUT2D eigenvalue weighted by atomic mass is 79.9. The minimum atomic E-state index is -3.05. The van der Waals surface area contributed by atoms with E-state index in [4.69, 9.17) is 11.6 Å². The second-order valence-corrected chi connectivity index (χ2v) is 2.54. The Labute approximate surface area is 59.6 Å². The monoisotopic (exact) mass is 204 g/mol. The summed E-state index contributed by atoms with van der Waals surface area (Å²) in [5.74, 6) is 0.